The first-order chi connectivity index (χ1) is 14.9. The second-order valence-electron chi connectivity index (χ2n) is 7.56. The number of hydrogen-bond acceptors (Lipinski definition) is 3. The van der Waals surface area contributed by atoms with Crippen molar-refractivity contribution in [2.24, 2.45) is 0 Å². The van der Waals surface area contributed by atoms with E-state index in [1.807, 2.05) is 24.3 Å². The quantitative estimate of drug-likeness (QED) is 0.558. The van der Waals surface area contributed by atoms with Crippen LogP contribution in [-0.4, -0.2) is 11.8 Å². The highest BCUT2D eigenvalue weighted by Crippen LogP contribution is 2.35. The van der Waals surface area contributed by atoms with Gasteiger partial charge in [0.05, 0.1) is 11.3 Å². The molecule has 0 fully saturated rings. The second-order valence-corrected chi connectivity index (χ2v) is 7.56. The van der Waals surface area contributed by atoms with Gasteiger partial charge in [-0.2, -0.15) is 0 Å². The van der Waals surface area contributed by atoms with Crippen LogP contribution < -0.4 is 10.2 Å². The van der Waals surface area contributed by atoms with E-state index in [4.69, 9.17) is 0 Å². The molecule has 2 amide bonds. The topological polar surface area (TPSA) is 49.4 Å². The Kier molecular flexibility index (Phi) is 5.38. The van der Waals surface area contributed by atoms with E-state index in [0.717, 1.165) is 22.6 Å². The Labute approximate surface area is 178 Å². The zero-order chi connectivity index (χ0) is 22.1. The number of nitrogens with zero attached hydrogens (tertiary/aromatic N) is 1. The summed E-state index contributed by atoms with van der Waals surface area (Å²) in [5.41, 5.74) is 2.14. The number of hydrogen-bond donors (Lipinski definition) is 1. The number of rotatable bonds is 5. The van der Waals surface area contributed by atoms with Gasteiger partial charge in [0.25, 0.3) is 11.8 Å². The van der Waals surface area contributed by atoms with Gasteiger partial charge in [-0.1, -0.05) is 56.3 Å². The first-order valence-electron chi connectivity index (χ1n) is 9.87. The van der Waals surface area contributed by atoms with Crippen molar-refractivity contribution in [2.45, 2.75) is 19.8 Å². The van der Waals surface area contributed by atoms with Crippen molar-refractivity contribution in [1.29, 1.82) is 0 Å². The van der Waals surface area contributed by atoms with Crippen molar-refractivity contribution in [1.82, 2.24) is 0 Å². The Bertz CT molecular complexity index is 1190. The molecule has 156 valence electrons. The number of halogens is 2. The lowest BCUT2D eigenvalue weighted by molar-refractivity contribution is -0.120. The fourth-order valence-corrected chi connectivity index (χ4v) is 3.50. The third kappa shape index (κ3) is 3.84. The molecule has 0 atom stereocenters. The fourth-order valence-electron chi connectivity index (χ4n) is 3.50. The second kappa shape index (κ2) is 8.14. The standard InChI is InChI=1S/C25H20F2N2O2/c1-15(2)16-8-11-19(12-9-16)28-23-22(17-6-4-3-5-7-17)24(30)29(25(23)31)21-13-10-18(26)14-20(21)27/h3-15,28H,1-2H3. The van der Waals surface area contributed by atoms with Crippen molar-refractivity contribution in [3.63, 3.8) is 0 Å². The van der Waals surface area contributed by atoms with Crippen molar-refractivity contribution < 1.29 is 18.4 Å². The van der Waals surface area contributed by atoms with Gasteiger partial charge in [0.15, 0.2) is 0 Å². The molecule has 0 saturated carbocycles. The molecule has 0 aliphatic carbocycles. The Hall–Kier alpha value is -3.80. The Balaban J connectivity index is 1.78. The van der Waals surface area contributed by atoms with E-state index in [1.165, 1.54) is 0 Å². The number of carbonyl (C=O) groups is 2. The van der Waals surface area contributed by atoms with Crippen LogP contribution in [0, 0.1) is 11.6 Å². The Morgan fingerprint density at radius 1 is 0.839 bits per heavy atom. The highest BCUT2D eigenvalue weighted by molar-refractivity contribution is 6.46. The van der Waals surface area contributed by atoms with Gasteiger partial charge in [0.1, 0.15) is 17.3 Å². The molecular weight excluding hydrogens is 398 g/mol. The molecule has 6 heteroatoms. The lowest BCUT2D eigenvalue weighted by Crippen LogP contribution is -2.33. The van der Waals surface area contributed by atoms with Gasteiger partial charge < -0.3 is 5.32 Å². The molecule has 4 nitrogen and oxygen atoms in total. The minimum atomic E-state index is -0.989. The molecule has 0 unspecified atom stereocenters. The van der Waals surface area contributed by atoms with Crippen LogP contribution in [0.3, 0.4) is 0 Å². The molecule has 0 spiro atoms. The van der Waals surface area contributed by atoms with E-state index in [1.54, 1.807) is 30.3 Å². The van der Waals surface area contributed by atoms with Gasteiger partial charge in [0.2, 0.25) is 0 Å². The van der Waals surface area contributed by atoms with Crippen LogP contribution in [0.5, 0.6) is 0 Å². The Morgan fingerprint density at radius 2 is 1.52 bits per heavy atom. The molecule has 1 aliphatic rings. The van der Waals surface area contributed by atoms with Crippen molar-refractivity contribution in [3.05, 3.63) is 101 Å². The van der Waals surface area contributed by atoms with Gasteiger partial charge >= 0.3 is 0 Å². The number of amides is 2. The van der Waals surface area contributed by atoms with Crippen LogP contribution in [0.2, 0.25) is 0 Å². The number of carbonyl (C=O) groups excluding carboxylic acids is 2. The molecule has 3 aromatic rings. The minimum absolute atomic E-state index is 0.0391. The van der Waals surface area contributed by atoms with Crippen molar-refractivity contribution >= 4 is 28.8 Å². The molecule has 0 saturated heterocycles. The van der Waals surface area contributed by atoms with Crippen LogP contribution in [0.15, 0.2) is 78.5 Å². The lowest BCUT2D eigenvalue weighted by atomic mass is 10.0. The largest absolute Gasteiger partial charge is 0.350 e. The van der Waals surface area contributed by atoms with E-state index in [2.05, 4.69) is 19.2 Å². The van der Waals surface area contributed by atoms with E-state index >= 15 is 0 Å². The molecule has 1 heterocycles. The summed E-state index contributed by atoms with van der Waals surface area (Å²) in [5, 5.41) is 3.04. The van der Waals surface area contributed by atoms with Gasteiger partial charge in [-0.3, -0.25) is 9.59 Å². The smallest absolute Gasteiger partial charge is 0.282 e. The van der Waals surface area contributed by atoms with Crippen LogP contribution in [0.1, 0.15) is 30.9 Å². The highest BCUT2D eigenvalue weighted by Gasteiger charge is 2.41. The molecule has 0 aromatic heterocycles. The maximum atomic E-state index is 14.4. The summed E-state index contributed by atoms with van der Waals surface area (Å²) < 4.78 is 27.8. The summed E-state index contributed by atoms with van der Waals surface area (Å²) >= 11 is 0. The first kappa shape index (κ1) is 20.5. The molecule has 4 rings (SSSR count). The normalized spacial score (nSPS) is 14.0. The average Bonchev–Trinajstić information content (AvgIpc) is 2.99. The summed E-state index contributed by atoms with van der Waals surface area (Å²) in [6, 6.07) is 19.0. The predicted molar refractivity (Wildman–Crippen MR) is 116 cm³/mol. The molecule has 1 aliphatic heterocycles. The molecule has 0 bridgehead atoms. The van der Waals surface area contributed by atoms with Crippen LogP contribution in [0.25, 0.3) is 5.57 Å². The number of benzene rings is 3. The molecule has 3 aromatic carbocycles. The van der Waals surface area contributed by atoms with Crippen LogP contribution in [-0.2, 0) is 9.59 Å². The van der Waals surface area contributed by atoms with E-state index < -0.39 is 23.4 Å². The Morgan fingerprint density at radius 3 is 2.13 bits per heavy atom. The van der Waals surface area contributed by atoms with Gasteiger partial charge in [0, 0.05) is 11.8 Å². The molecule has 1 N–H and O–H groups in total. The maximum absolute atomic E-state index is 14.4. The summed E-state index contributed by atoms with van der Waals surface area (Å²) in [4.78, 5) is 27.2. The number of imide groups is 1. The first-order valence-corrected chi connectivity index (χ1v) is 9.87. The van der Waals surface area contributed by atoms with Gasteiger partial charge in [-0.25, -0.2) is 13.7 Å². The van der Waals surface area contributed by atoms with E-state index in [9.17, 15) is 18.4 Å². The summed E-state index contributed by atoms with van der Waals surface area (Å²) in [6.45, 7) is 4.15. The van der Waals surface area contributed by atoms with Crippen molar-refractivity contribution in [3.8, 4) is 0 Å². The zero-order valence-electron chi connectivity index (χ0n) is 17.0. The maximum Gasteiger partial charge on any atom is 0.282 e. The average molecular weight is 418 g/mol. The monoisotopic (exact) mass is 418 g/mol. The summed E-state index contributed by atoms with van der Waals surface area (Å²) in [7, 11) is 0. The van der Waals surface area contributed by atoms with Gasteiger partial charge in [-0.15, -0.1) is 0 Å². The molecule has 0 radical (unpaired) electrons. The van der Waals surface area contributed by atoms with Crippen LogP contribution in [0.4, 0.5) is 20.2 Å². The SMILES string of the molecule is CC(C)c1ccc(NC2=C(c3ccccc3)C(=O)N(c3ccc(F)cc3F)C2=O)cc1. The molecule has 31 heavy (non-hydrogen) atoms. The van der Waals surface area contributed by atoms with E-state index in [-0.39, 0.29) is 17.0 Å². The number of nitrogens with one attached hydrogen (secondary N) is 1. The summed E-state index contributed by atoms with van der Waals surface area (Å²) in [6.07, 6.45) is 0. The third-order valence-corrected chi connectivity index (χ3v) is 5.14. The lowest BCUT2D eigenvalue weighted by Gasteiger charge is -2.16. The minimum Gasteiger partial charge on any atom is -0.350 e. The zero-order valence-corrected chi connectivity index (χ0v) is 17.0. The summed E-state index contributed by atoms with van der Waals surface area (Å²) in [5.74, 6) is -2.82. The number of anilines is 2. The fraction of sp³-hybridized carbons (Fsp3) is 0.120. The van der Waals surface area contributed by atoms with Crippen molar-refractivity contribution in [2.75, 3.05) is 10.2 Å². The highest BCUT2D eigenvalue weighted by atomic mass is 19.1. The molecular formula is C25H20F2N2O2. The van der Waals surface area contributed by atoms with E-state index in [0.29, 0.717) is 23.2 Å². The predicted octanol–water partition coefficient (Wildman–Crippen LogP) is 5.48. The van der Waals surface area contributed by atoms with Gasteiger partial charge in [-0.05, 0) is 41.3 Å². The third-order valence-electron chi connectivity index (χ3n) is 5.14. The van der Waals surface area contributed by atoms with Crippen LogP contribution >= 0.6 is 0 Å².